The summed E-state index contributed by atoms with van der Waals surface area (Å²) >= 11 is 1.80. The normalized spacial score (nSPS) is 11.6. The first kappa shape index (κ1) is 27.4. The summed E-state index contributed by atoms with van der Waals surface area (Å²) in [6.45, 7) is 0. The first-order valence-electron chi connectivity index (χ1n) is 15.6. The number of furan rings is 1. The van der Waals surface area contributed by atoms with Gasteiger partial charge in [0.1, 0.15) is 17.0 Å². The van der Waals surface area contributed by atoms with E-state index in [1.54, 1.807) is 11.3 Å². The van der Waals surface area contributed by atoms with E-state index in [2.05, 4.69) is 91.0 Å². The highest BCUT2D eigenvalue weighted by Crippen LogP contribution is 2.49. The van der Waals surface area contributed by atoms with Gasteiger partial charge in [0.15, 0.2) is 5.58 Å². The number of anilines is 1. The lowest BCUT2D eigenvalue weighted by Gasteiger charge is -2.10. The molecule has 0 amide bonds. The van der Waals surface area contributed by atoms with Crippen LogP contribution in [0, 0.1) is 0 Å². The first-order valence-corrected chi connectivity index (χ1v) is 16.4. The monoisotopic (exact) mass is 624 g/mol. The van der Waals surface area contributed by atoms with Crippen LogP contribution >= 0.6 is 11.3 Å². The van der Waals surface area contributed by atoms with Gasteiger partial charge in [0.05, 0.1) is 0 Å². The summed E-state index contributed by atoms with van der Waals surface area (Å²) < 4.78 is 15.6. The van der Waals surface area contributed by atoms with Crippen LogP contribution in [0.1, 0.15) is 11.1 Å². The molecule has 9 aromatic rings. The number of aromatic nitrogens is 1. The molecule has 4 nitrogen and oxygen atoms in total. The molecule has 3 aromatic heterocycles. The number of oxazole rings is 1. The van der Waals surface area contributed by atoms with E-state index in [4.69, 9.17) is 19.6 Å². The van der Waals surface area contributed by atoms with E-state index in [0.717, 1.165) is 56.0 Å². The second-order valence-corrected chi connectivity index (χ2v) is 12.8. The predicted molar refractivity (Wildman–Crippen MR) is 195 cm³/mol. The van der Waals surface area contributed by atoms with Crippen molar-refractivity contribution in [2.75, 3.05) is 5.73 Å². The standard InChI is InChI=1S/C42H28N2O2S/c43-34-17-6-4-14-31(34)39-33(25-26-11-2-1-3-12-26)38(27-21-23-28(24-22-27)42-44-35-18-7-8-19-36(35)45-42)40(46-39)32-16-10-15-30-29-13-5-9-20-37(29)47-41(30)32/h1-24H,25,43H2. The van der Waals surface area contributed by atoms with Crippen LogP contribution in [0.25, 0.3) is 76.5 Å². The molecule has 0 spiro atoms. The molecular weight excluding hydrogens is 597 g/mol. The summed E-state index contributed by atoms with van der Waals surface area (Å²) in [5.41, 5.74) is 16.2. The molecule has 0 unspecified atom stereocenters. The highest BCUT2D eigenvalue weighted by Gasteiger charge is 2.27. The molecule has 5 heteroatoms. The number of rotatable bonds is 6. The third kappa shape index (κ3) is 4.71. The summed E-state index contributed by atoms with van der Waals surface area (Å²) in [7, 11) is 0. The van der Waals surface area contributed by atoms with Gasteiger partial charge in [0.25, 0.3) is 0 Å². The average Bonchev–Trinajstić information content (AvgIpc) is 3.83. The highest BCUT2D eigenvalue weighted by atomic mass is 32.1. The third-order valence-electron chi connectivity index (χ3n) is 8.80. The largest absolute Gasteiger partial charge is 0.455 e. The fourth-order valence-corrected chi connectivity index (χ4v) is 7.76. The molecular formula is C42H28N2O2S. The van der Waals surface area contributed by atoms with Crippen LogP contribution in [0.15, 0.2) is 154 Å². The van der Waals surface area contributed by atoms with Gasteiger partial charge in [-0.15, -0.1) is 11.3 Å². The van der Waals surface area contributed by atoms with E-state index in [1.165, 1.54) is 25.7 Å². The molecule has 9 rings (SSSR count). The van der Waals surface area contributed by atoms with Gasteiger partial charge in [0, 0.05) is 60.1 Å². The number of nitrogens with zero attached hydrogens (tertiary/aromatic N) is 1. The van der Waals surface area contributed by atoms with Gasteiger partial charge in [-0.25, -0.2) is 4.98 Å². The summed E-state index contributed by atoms with van der Waals surface area (Å²) in [6.07, 6.45) is 0.679. The van der Waals surface area contributed by atoms with Crippen LogP contribution < -0.4 is 5.73 Å². The molecule has 3 heterocycles. The summed E-state index contributed by atoms with van der Waals surface area (Å²) in [5, 5.41) is 2.48. The Hall–Kier alpha value is -5.91. The number of thiophene rings is 1. The van der Waals surface area contributed by atoms with E-state index in [9.17, 15) is 0 Å². The van der Waals surface area contributed by atoms with Crippen molar-refractivity contribution in [3.63, 3.8) is 0 Å². The van der Waals surface area contributed by atoms with Gasteiger partial charge >= 0.3 is 0 Å². The average molecular weight is 625 g/mol. The van der Waals surface area contributed by atoms with Crippen molar-refractivity contribution in [3.8, 4) is 45.2 Å². The smallest absolute Gasteiger partial charge is 0.227 e. The predicted octanol–water partition coefficient (Wildman–Crippen LogP) is 11.6. The molecule has 2 N–H and O–H groups in total. The molecule has 0 aliphatic heterocycles. The Kier molecular flexibility index (Phi) is 6.51. The third-order valence-corrected chi connectivity index (χ3v) is 10.0. The minimum absolute atomic E-state index is 0.600. The minimum atomic E-state index is 0.600. The minimum Gasteiger partial charge on any atom is -0.455 e. The lowest BCUT2D eigenvalue weighted by molar-refractivity contribution is 0.596. The van der Waals surface area contributed by atoms with E-state index in [1.807, 2.05) is 54.6 Å². The molecule has 0 saturated carbocycles. The quantitative estimate of drug-likeness (QED) is 0.187. The molecule has 0 bridgehead atoms. The van der Waals surface area contributed by atoms with Crippen molar-refractivity contribution in [2.45, 2.75) is 6.42 Å². The van der Waals surface area contributed by atoms with Crippen LogP contribution in [0.3, 0.4) is 0 Å². The molecule has 0 aliphatic rings. The summed E-state index contributed by atoms with van der Waals surface area (Å²) in [5.74, 6) is 2.22. The van der Waals surface area contributed by atoms with Crippen molar-refractivity contribution in [2.24, 2.45) is 0 Å². The van der Waals surface area contributed by atoms with Gasteiger partial charge < -0.3 is 14.6 Å². The zero-order chi connectivity index (χ0) is 31.3. The van der Waals surface area contributed by atoms with Crippen molar-refractivity contribution in [3.05, 3.63) is 157 Å². The lowest BCUT2D eigenvalue weighted by Crippen LogP contribution is -1.95. The highest BCUT2D eigenvalue weighted by molar-refractivity contribution is 7.26. The van der Waals surface area contributed by atoms with Gasteiger partial charge in [-0.3, -0.25) is 0 Å². The number of hydrogen-bond acceptors (Lipinski definition) is 5. The van der Waals surface area contributed by atoms with E-state index in [-0.39, 0.29) is 0 Å². The van der Waals surface area contributed by atoms with Crippen molar-refractivity contribution >= 4 is 48.3 Å². The maximum atomic E-state index is 7.08. The molecule has 47 heavy (non-hydrogen) atoms. The Morgan fingerprint density at radius 3 is 2.13 bits per heavy atom. The Morgan fingerprint density at radius 1 is 0.574 bits per heavy atom. The second kappa shape index (κ2) is 11.2. The van der Waals surface area contributed by atoms with Gasteiger partial charge in [-0.1, -0.05) is 97.1 Å². The Balaban J connectivity index is 1.31. The van der Waals surface area contributed by atoms with Crippen LogP contribution in [-0.4, -0.2) is 4.98 Å². The molecule has 0 atom stereocenters. The van der Waals surface area contributed by atoms with E-state index >= 15 is 0 Å². The Morgan fingerprint density at radius 2 is 1.28 bits per heavy atom. The maximum absolute atomic E-state index is 7.08. The Bertz CT molecular complexity index is 2520. The van der Waals surface area contributed by atoms with Gasteiger partial charge in [-0.05, 0) is 59.7 Å². The van der Waals surface area contributed by atoms with Crippen LogP contribution in [0.4, 0.5) is 5.69 Å². The zero-order valence-electron chi connectivity index (χ0n) is 25.3. The number of benzene rings is 6. The molecule has 224 valence electrons. The SMILES string of the molecule is Nc1ccccc1-c1oc(-c2cccc3c2sc2ccccc23)c(-c2ccc(-c3nc4ccccc4o3)cc2)c1Cc1ccccc1. The van der Waals surface area contributed by atoms with Crippen LogP contribution in [0.2, 0.25) is 0 Å². The Labute approximate surface area is 275 Å². The molecule has 6 aromatic carbocycles. The fraction of sp³-hybridized carbons (Fsp3) is 0.0238. The topological polar surface area (TPSA) is 65.2 Å². The van der Waals surface area contributed by atoms with Crippen molar-refractivity contribution in [1.29, 1.82) is 0 Å². The number of nitrogen functional groups attached to an aromatic ring is 1. The fourth-order valence-electron chi connectivity index (χ4n) is 6.55. The molecule has 0 radical (unpaired) electrons. The number of para-hydroxylation sites is 3. The lowest BCUT2D eigenvalue weighted by atomic mass is 9.91. The molecule has 0 fully saturated rings. The van der Waals surface area contributed by atoms with E-state index < -0.39 is 0 Å². The molecule has 0 saturated heterocycles. The molecule has 0 aliphatic carbocycles. The van der Waals surface area contributed by atoms with Gasteiger partial charge in [0.2, 0.25) is 5.89 Å². The van der Waals surface area contributed by atoms with E-state index in [0.29, 0.717) is 18.0 Å². The van der Waals surface area contributed by atoms with Gasteiger partial charge in [-0.2, -0.15) is 0 Å². The summed E-state index contributed by atoms with van der Waals surface area (Å²) in [4.78, 5) is 4.73. The van der Waals surface area contributed by atoms with Crippen molar-refractivity contribution < 1.29 is 8.83 Å². The number of hydrogen-bond donors (Lipinski definition) is 1. The number of fused-ring (bicyclic) bond motifs is 4. The summed E-state index contributed by atoms with van der Waals surface area (Å²) in [6, 6.07) is 49.9. The van der Waals surface area contributed by atoms with Crippen LogP contribution in [0.5, 0.6) is 0 Å². The zero-order valence-corrected chi connectivity index (χ0v) is 26.1. The van der Waals surface area contributed by atoms with Crippen LogP contribution in [-0.2, 0) is 6.42 Å². The number of nitrogens with two attached hydrogens (primary N) is 1. The second-order valence-electron chi connectivity index (χ2n) is 11.7. The first-order chi connectivity index (χ1) is 23.2. The van der Waals surface area contributed by atoms with Crippen molar-refractivity contribution in [1.82, 2.24) is 4.98 Å². The maximum Gasteiger partial charge on any atom is 0.227 e.